The third kappa shape index (κ3) is 2.63. The largest absolute Gasteiger partial charge is 0.344 e. The zero-order valence-electron chi connectivity index (χ0n) is 11.4. The van der Waals surface area contributed by atoms with Crippen molar-refractivity contribution in [2.24, 2.45) is 11.3 Å². The van der Waals surface area contributed by atoms with Gasteiger partial charge in [-0.2, -0.15) is 0 Å². The Kier molecular flexibility index (Phi) is 3.89. The fourth-order valence-electron chi connectivity index (χ4n) is 2.79. The summed E-state index contributed by atoms with van der Waals surface area (Å²) in [6, 6.07) is -0.582. The summed E-state index contributed by atoms with van der Waals surface area (Å²) in [7, 11) is 0. The van der Waals surface area contributed by atoms with Crippen LogP contribution in [0.15, 0.2) is 0 Å². The van der Waals surface area contributed by atoms with Gasteiger partial charge in [0.15, 0.2) is 0 Å². The zero-order chi connectivity index (χ0) is 14.0. The van der Waals surface area contributed by atoms with Crippen LogP contribution in [0.25, 0.3) is 0 Å². The van der Waals surface area contributed by atoms with Gasteiger partial charge >= 0.3 is 0 Å². The fourth-order valence-corrected chi connectivity index (χ4v) is 2.79. The van der Waals surface area contributed by atoms with Crippen molar-refractivity contribution >= 4 is 17.7 Å². The minimum Gasteiger partial charge on any atom is -0.344 e. The molecule has 0 saturated carbocycles. The first-order chi connectivity index (χ1) is 8.95. The van der Waals surface area contributed by atoms with Crippen LogP contribution in [0, 0.1) is 11.3 Å². The Hall–Kier alpha value is -1.43. The maximum Gasteiger partial charge on any atom is 0.249 e. The lowest BCUT2D eigenvalue weighted by Gasteiger charge is -2.33. The minimum absolute atomic E-state index is 0.0815. The van der Waals surface area contributed by atoms with Gasteiger partial charge in [-0.25, -0.2) is 0 Å². The van der Waals surface area contributed by atoms with E-state index in [2.05, 4.69) is 16.0 Å². The molecule has 2 heterocycles. The normalized spacial score (nSPS) is 31.4. The molecule has 6 nitrogen and oxygen atoms in total. The van der Waals surface area contributed by atoms with Crippen molar-refractivity contribution in [1.82, 2.24) is 16.0 Å². The predicted molar refractivity (Wildman–Crippen MR) is 69.1 cm³/mol. The van der Waals surface area contributed by atoms with Crippen LogP contribution >= 0.6 is 0 Å². The first-order valence-electron chi connectivity index (χ1n) is 6.81. The molecule has 3 N–H and O–H groups in total. The molecule has 2 unspecified atom stereocenters. The summed E-state index contributed by atoms with van der Waals surface area (Å²) in [6.45, 7) is 5.51. The van der Waals surface area contributed by atoms with E-state index in [9.17, 15) is 14.4 Å². The Labute approximate surface area is 112 Å². The number of imide groups is 1. The molecule has 0 spiro atoms. The molecule has 2 atom stereocenters. The topological polar surface area (TPSA) is 87.3 Å². The van der Waals surface area contributed by atoms with Crippen molar-refractivity contribution in [3.8, 4) is 0 Å². The Morgan fingerprint density at radius 3 is 2.68 bits per heavy atom. The van der Waals surface area contributed by atoms with E-state index in [0.29, 0.717) is 13.0 Å². The van der Waals surface area contributed by atoms with Crippen LogP contribution in [0.1, 0.15) is 33.1 Å². The van der Waals surface area contributed by atoms with E-state index in [1.165, 1.54) is 0 Å². The van der Waals surface area contributed by atoms with E-state index in [-0.39, 0.29) is 24.2 Å². The van der Waals surface area contributed by atoms with Gasteiger partial charge in [-0.3, -0.25) is 19.7 Å². The summed E-state index contributed by atoms with van der Waals surface area (Å²) in [5.74, 6) is -0.538. The smallest absolute Gasteiger partial charge is 0.249 e. The second kappa shape index (κ2) is 5.28. The quantitative estimate of drug-likeness (QED) is 0.604. The van der Waals surface area contributed by atoms with Crippen LogP contribution in [-0.4, -0.2) is 36.9 Å². The molecule has 0 aromatic rings. The highest BCUT2D eigenvalue weighted by atomic mass is 16.2. The minimum atomic E-state index is -0.582. The highest BCUT2D eigenvalue weighted by Crippen LogP contribution is 2.34. The van der Waals surface area contributed by atoms with E-state index in [0.717, 1.165) is 13.0 Å². The molecular weight excluding hydrogens is 246 g/mol. The van der Waals surface area contributed by atoms with Gasteiger partial charge in [0, 0.05) is 13.0 Å². The Morgan fingerprint density at radius 2 is 2.16 bits per heavy atom. The lowest BCUT2D eigenvalue weighted by Crippen LogP contribution is -2.56. The number of amides is 3. The van der Waals surface area contributed by atoms with Crippen LogP contribution in [0.3, 0.4) is 0 Å². The highest BCUT2D eigenvalue weighted by Gasteiger charge is 2.45. The molecular formula is C13H21N3O3. The number of hydrogen-bond acceptors (Lipinski definition) is 4. The van der Waals surface area contributed by atoms with Crippen LogP contribution in [0.2, 0.25) is 0 Å². The molecule has 106 valence electrons. The third-order valence-electron chi connectivity index (χ3n) is 4.29. The van der Waals surface area contributed by atoms with Gasteiger partial charge in [0.1, 0.15) is 6.04 Å². The van der Waals surface area contributed by atoms with Gasteiger partial charge in [0.2, 0.25) is 17.7 Å². The number of piperidine rings is 1. The summed E-state index contributed by atoms with van der Waals surface area (Å²) < 4.78 is 0. The lowest BCUT2D eigenvalue weighted by atomic mass is 9.75. The SMILES string of the molecule is CC(C)C1(C(=O)NC2CCC(=O)NC2=O)CCNC1. The standard InChI is InChI=1S/C13H21N3O3/c1-8(2)13(5-6-14-7-13)12(19)15-9-3-4-10(17)16-11(9)18/h8-9,14H,3-7H2,1-2H3,(H,15,19)(H,16,17,18). The third-order valence-corrected chi connectivity index (χ3v) is 4.29. The van der Waals surface area contributed by atoms with Gasteiger partial charge in [-0.1, -0.05) is 13.8 Å². The first kappa shape index (κ1) is 14.0. The van der Waals surface area contributed by atoms with Crippen LogP contribution in [0.4, 0.5) is 0 Å². The fraction of sp³-hybridized carbons (Fsp3) is 0.769. The molecule has 2 aliphatic heterocycles. The number of carbonyl (C=O) groups excluding carboxylic acids is 3. The van der Waals surface area contributed by atoms with Crippen molar-refractivity contribution in [3.63, 3.8) is 0 Å². The number of hydrogen-bond donors (Lipinski definition) is 3. The molecule has 3 amide bonds. The van der Waals surface area contributed by atoms with E-state index < -0.39 is 17.4 Å². The van der Waals surface area contributed by atoms with Crippen molar-refractivity contribution in [2.75, 3.05) is 13.1 Å². The zero-order valence-corrected chi connectivity index (χ0v) is 11.4. The molecule has 2 fully saturated rings. The molecule has 0 radical (unpaired) electrons. The van der Waals surface area contributed by atoms with Crippen molar-refractivity contribution in [1.29, 1.82) is 0 Å². The monoisotopic (exact) mass is 267 g/mol. The predicted octanol–water partition coefficient (Wildman–Crippen LogP) is -0.456. The van der Waals surface area contributed by atoms with E-state index in [4.69, 9.17) is 0 Å². The van der Waals surface area contributed by atoms with Gasteiger partial charge in [-0.15, -0.1) is 0 Å². The molecule has 0 aromatic heterocycles. The van der Waals surface area contributed by atoms with Gasteiger partial charge in [0.05, 0.1) is 5.41 Å². The van der Waals surface area contributed by atoms with Gasteiger partial charge in [-0.05, 0) is 25.3 Å². The average molecular weight is 267 g/mol. The van der Waals surface area contributed by atoms with Gasteiger partial charge < -0.3 is 10.6 Å². The Balaban J connectivity index is 2.04. The summed E-state index contributed by atoms with van der Waals surface area (Å²) in [5, 5.41) is 8.28. The summed E-state index contributed by atoms with van der Waals surface area (Å²) in [6.07, 6.45) is 1.45. The summed E-state index contributed by atoms with van der Waals surface area (Å²) in [5.41, 5.74) is -0.443. The lowest BCUT2D eigenvalue weighted by molar-refractivity contribution is -0.140. The maximum atomic E-state index is 12.5. The molecule has 19 heavy (non-hydrogen) atoms. The summed E-state index contributed by atoms with van der Waals surface area (Å²) >= 11 is 0. The Morgan fingerprint density at radius 1 is 1.42 bits per heavy atom. The van der Waals surface area contributed by atoms with Crippen molar-refractivity contribution in [3.05, 3.63) is 0 Å². The molecule has 6 heteroatoms. The second-order valence-corrected chi connectivity index (χ2v) is 5.71. The van der Waals surface area contributed by atoms with Crippen molar-refractivity contribution in [2.45, 2.75) is 39.2 Å². The number of nitrogens with one attached hydrogen (secondary N) is 3. The average Bonchev–Trinajstić information content (AvgIpc) is 2.83. The van der Waals surface area contributed by atoms with E-state index in [1.807, 2.05) is 13.8 Å². The molecule has 2 rings (SSSR count). The molecule has 0 aliphatic carbocycles. The highest BCUT2D eigenvalue weighted by molar-refractivity contribution is 6.02. The van der Waals surface area contributed by atoms with Crippen molar-refractivity contribution < 1.29 is 14.4 Å². The van der Waals surface area contributed by atoms with Crippen LogP contribution in [0.5, 0.6) is 0 Å². The Bertz CT molecular complexity index is 400. The summed E-state index contributed by atoms with van der Waals surface area (Å²) in [4.78, 5) is 35.2. The van der Waals surface area contributed by atoms with E-state index in [1.54, 1.807) is 0 Å². The second-order valence-electron chi connectivity index (χ2n) is 5.71. The molecule has 2 aliphatic rings. The van der Waals surface area contributed by atoms with Crippen LogP contribution in [-0.2, 0) is 14.4 Å². The molecule has 0 bridgehead atoms. The van der Waals surface area contributed by atoms with Crippen LogP contribution < -0.4 is 16.0 Å². The maximum absolute atomic E-state index is 12.5. The molecule has 0 aromatic carbocycles. The molecule has 2 saturated heterocycles. The number of carbonyl (C=O) groups is 3. The number of rotatable bonds is 3. The van der Waals surface area contributed by atoms with E-state index >= 15 is 0 Å². The first-order valence-corrected chi connectivity index (χ1v) is 6.81. The van der Waals surface area contributed by atoms with Gasteiger partial charge in [0.25, 0.3) is 0 Å².